The van der Waals surface area contributed by atoms with E-state index in [2.05, 4.69) is 17.6 Å². The van der Waals surface area contributed by atoms with E-state index in [1.165, 1.54) is 19.3 Å². The standard InChI is InChI=1S/C21H35N3O3/c1-5-22-20(24-16-21(11-8-12-21)13-14-25-3)23-15-17(2)27-19-10-7-6-9-18(19)26-4/h6-7,9-10,17H,5,8,11-16H2,1-4H3,(H2,22,23,24). The summed E-state index contributed by atoms with van der Waals surface area (Å²) in [5.41, 5.74) is 0.317. The van der Waals surface area contributed by atoms with Crippen LogP contribution >= 0.6 is 0 Å². The van der Waals surface area contributed by atoms with Crippen LogP contribution in [0.15, 0.2) is 29.3 Å². The van der Waals surface area contributed by atoms with Gasteiger partial charge in [-0.25, -0.2) is 0 Å². The molecule has 1 aromatic carbocycles. The molecule has 0 saturated heterocycles. The molecule has 152 valence electrons. The van der Waals surface area contributed by atoms with Crippen LogP contribution in [0.4, 0.5) is 0 Å². The minimum atomic E-state index is -0.0173. The molecule has 1 aromatic rings. The lowest BCUT2D eigenvalue weighted by atomic mass is 9.67. The minimum Gasteiger partial charge on any atom is -0.493 e. The molecule has 2 N–H and O–H groups in total. The second kappa shape index (κ2) is 11.0. The Morgan fingerprint density at radius 3 is 2.52 bits per heavy atom. The number of rotatable bonds is 11. The number of methoxy groups -OCH3 is 2. The highest BCUT2D eigenvalue weighted by molar-refractivity contribution is 5.79. The van der Waals surface area contributed by atoms with Gasteiger partial charge in [0.05, 0.1) is 13.7 Å². The van der Waals surface area contributed by atoms with E-state index in [9.17, 15) is 0 Å². The molecule has 0 bridgehead atoms. The van der Waals surface area contributed by atoms with Crippen molar-refractivity contribution in [2.45, 2.75) is 45.6 Å². The predicted molar refractivity (Wildman–Crippen MR) is 110 cm³/mol. The highest BCUT2D eigenvalue weighted by Gasteiger charge is 2.36. The zero-order chi connectivity index (χ0) is 19.5. The number of hydrogen-bond donors (Lipinski definition) is 2. The summed E-state index contributed by atoms with van der Waals surface area (Å²) in [4.78, 5) is 4.83. The van der Waals surface area contributed by atoms with Crippen molar-refractivity contribution in [1.82, 2.24) is 10.6 Å². The van der Waals surface area contributed by atoms with Gasteiger partial charge in [-0.15, -0.1) is 0 Å². The maximum Gasteiger partial charge on any atom is 0.191 e. The van der Waals surface area contributed by atoms with Crippen molar-refractivity contribution in [3.05, 3.63) is 24.3 Å². The fraction of sp³-hybridized carbons (Fsp3) is 0.667. The second-order valence-corrected chi connectivity index (χ2v) is 7.25. The van der Waals surface area contributed by atoms with Gasteiger partial charge in [0.2, 0.25) is 0 Å². The fourth-order valence-corrected chi connectivity index (χ4v) is 3.29. The molecule has 1 aliphatic rings. The smallest absolute Gasteiger partial charge is 0.191 e. The second-order valence-electron chi connectivity index (χ2n) is 7.25. The van der Waals surface area contributed by atoms with Gasteiger partial charge in [-0.2, -0.15) is 0 Å². The van der Waals surface area contributed by atoms with E-state index >= 15 is 0 Å². The summed E-state index contributed by atoms with van der Waals surface area (Å²) in [6.45, 7) is 7.26. The Hall–Kier alpha value is -1.95. The van der Waals surface area contributed by atoms with Crippen LogP contribution in [0.25, 0.3) is 0 Å². The van der Waals surface area contributed by atoms with Crippen molar-refractivity contribution >= 4 is 5.96 Å². The molecule has 6 heteroatoms. The van der Waals surface area contributed by atoms with Crippen molar-refractivity contribution in [3.63, 3.8) is 0 Å². The maximum absolute atomic E-state index is 6.01. The minimum absolute atomic E-state index is 0.0173. The van der Waals surface area contributed by atoms with E-state index in [0.717, 1.165) is 43.6 Å². The summed E-state index contributed by atoms with van der Waals surface area (Å²) in [6.07, 6.45) is 4.85. The summed E-state index contributed by atoms with van der Waals surface area (Å²) in [6, 6.07) is 7.70. The maximum atomic E-state index is 6.01. The molecule has 1 unspecified atom stereocenters. The Bertz CT molecular complexity index is 588. The molecule has 0 aromatic heterocycles. The van der Waals surface area contributed by atoms with E-state index in [1.54, 1.807) is 14.2 Å². The van der Waals surface area contributed by atoms with Crippen LogP contribution in [0.2, 0.25) is 0 Å². The molecule has 0 spiro atoms. The third-order valence-electron chi connectivity index (χ3n) is 5.12. The van der Waals surface area contributed by atoms with Crippen molar-refractivity contribution in [2.24, 2.45) is 10.4 Å². The van der Waals surface area contributed by atoms with Gasteiger partial charge in [0.15, 0.2) is 17.5 Å². The molecule has 0 radical (unpaired) electrons. The highest BCUT2D eigenvalue weighted by atomic mass is 16.5. The Labute approximate surface area is 163 Å². The normalized spacial score (nSPS) is 17.0. The van der Waals surface area contributed by atoms with Gasteiger partial charge in [-0.1, -0.05) is 18.6 Å². The lowest BCUT2D eigenvalue weighted by Crippen LogP contribution is -2.43. The molecule has 1 atom stereocenters. The molecule has 0 aliphatic heterocycles. The Morgan fingerprint density at radius 1 is 1.19 bits per heavy atom. The number of nitrogens with zero attached hydrogens (tertiary/aromatic N) is 1. The van der Waals surface area contributed by atoms with E-state index in [4.69, 9.17) is 19.2 Å². The van der Waals surface area contributed by atoms with Gasteiger partial charge < -0.3 is 24.8 Å². The number of ether oxygens (including phenoxy) is 3. The zero-order valence-electron chi connectivity index (χ0n) is 17.2. The molecular weight excluding hydrogens is 342 g/mol. The van der Waals surface area contributed by atoms with Crippen LogP contribution in [0, 0.1) is 5.41 Å². The van der Waals surface area contributed by atoms with Crippen LogP contribution in [0.3, 0.4) is 0 Å². The lowest BCUT2D eigenvalue weighted by molar-refractivity contribution is 0.0778. The van der Waals surface area contributed by atoms with E-state index in [0.29, 0.717) is 12.0 Å². The number of hydrogen-bond acceptors (Lipinski definition) is 4. The number of benzene rings is 1. The first-order valence-electron chi connectivity index (χ1n) is 9.93. The van der Waals surface area contributed by atoms with Gasteiger partial charge in [0.25, 0.3) is 0 Å². The Kier molecular flexibility index (Phi) is 8.72. The monoisotopic (exact) mass is 377 g/mol. The van der Waals surface area contributed by atoms with Crippen LogP contribution in [0.1, 0.15) is 39.5 Å². The quantitative estimate of drug-likeness (QED) is 0.458. The Balaban J connectivity index is 1.87. The molecule has 6 nitrogen and oxygen atoms in total. The zero-order valence-corrected chi connectivity index (χ0v) is 17.2. The summed E-state index contributed by atoms with van der Waals surface area (Å²) < 4.78 is 16.6. The molecule has 1 aliphatic carbocycles. The number of para-hydroxylation sites is 2. The van der Waals surface area contributed by atoms with Crippen molar-refractivity contribution < 1.29 is 14.2 Å². The number of guanidine groups is 1. The van der Waals surface area contributed by atoms with Gasteiger partial charge in [-0.05, 0) is 50.7 Å². The largest absolute Gasteiger partial charge is 0.493 e. The molecule has 2 rings (SSSR count). The topological polar surface area (TPSA) is 64.1 Å². The van der Waals surface area contributed by atoms with Crippen LogP contribution < -0.4 is 20.1 Å². The first kappa shape index (κ1) is 21.4. The van der Waals surface area contributed by atoms with Crippen molar-refractivity contribution in [1.29, 1.82) is 0 Å². The first-order chi connectivity index (χ1) is 13.1. The van der Waals surface area contributed by atoms with Gasteiger partial charge in [0.1, 0.15) is 6.10 Å². The highest BCUT2D eigenvalue weighted by Crippen LogP contribution is 2.44. The van der Waals surface area contributed by atoms with Crippen LogP contribution in [0.5, 0.6) is 11.5 Å². The summed E-state index contributed by atoms with van der Waals surface area (Å²) >= 11 is 0. The molecular formula is C21H35N3O3. The lowest BCUT2D eigenvalue weighted by Gasteiger charge is -2.40. The van der Waals surface area contributed by atoms with Crippen LogP contribution in [-0.4, -0.2) is 52.5 Å². The number of aliphatic imine (C=N–C) groups is 1. The average Bonchev–Trinajstić information content (AvgIpc) is 2.65. The van der Waals surface area contributed by atoms with E-state index in [1.807, 2.05) is 31.2 Å². The third-order valence-corrected chi connectivity index (χ3v) is 5.12. The average molecular weight is 378 g/mol. The third kappa shape index (κ3) is 6.61. The molecule has 27 heavy (non-hydrogen) atoms. The SMILES string of the molecule is CCNC(=NCC1(CCOC)CCC1)NCC(C)Oc1ccccc1OC. The van der Waals surface area contributed by atoms with Gasteiger partial charge in [0, 0.05) is 26.8 Å². The Morgan fingerprint density at radius 2 is 1.93 bits per heavy atom. The fourth-order valence-electron chi connectivity index (χ4n) is 3.29. The summed E-state index contributed by atoms with van der Waals surface area (Å²) in [7, 11) is 3.42. The van der Waals surface area contributed by atoms with Gasteiger partial charge >= 0.3 is 0 Å². The van der Waals surface area contributed by atoms with Crippen LogP contribution in [-0.2, 0) is 4.74 Å². The molecule has 1 saturated carbocycles. The summed E-state index contributed by atoms with van der Waals surface area (Å²) in [5, 5.41) is 6.73. The van der Waals surface area contributed by atoms with Crippen molar-refractivity contribution in [2.75, 3.05) is 40.5 Å². The van der Waals surface area contributed by atoms with E-state index < -0.39 is 0 Å². The molecule has 0 heterocycles. The predicted octanol–water partition coefficient (Wildman–Crippen LogP) is 3.22. The molecule has 0 amide bonds. The van der Waals surface area contributed by atoms with Crippen molar-refractivity contribution in [3.8, 4) is 11.5 Å². The summed E-state index contributed by atoms with van der Waals surface area (Å²) in [5.74, 6) is 2.34. The number of nitrogens with one attached hydrogen (secondary N) is 2. The molecule has 1 fully saturated rings. The van der Waals surface area contributed by atoms with E-state index in [-0.39, 0.29) is 6.10 Å². The van der Waals surface area contributed by atoms with Gasteiger partial charge in [-0.3, -0.25) is 4.99 Å². The first-order valence-corrected chi connectivity index (χ1v) is 9.93.